The number of hydrogen-bond donors (Lipinski definition) is 2. The van der Waals surface area contributed by atoms with Crippen LogP contribution in [0.25, 0.3) is 0 Å². The number of nitrogens with zero attached hydrogens (tertiary/aromatic N) is 1. The number of fused-ring (bicyclic) bond motifs is 1. The van der Waals surface area contributed by atoms with Gasteiger partial charge in [-0.1, -0.05) is 6.92 Å². The Morgan fingerprint density at radius 1 is 1.55 bits per heavy atom. The van der Waals surface area contributed by atoms with Crippen molar-refractivity contribution in [3.63, 3.8) is 0 Å². The molecule has 0 aromatic heterocycles. The van der Waals surface area contributed by atoms with Crippen LogP contribution >= 0.6 is 27.7 Å². The molecule has 0 saturated carbocycles. The van der Waals surface area contributed by atoms with Crippen LogP contribution in [0.15, 0.2) is 16.6 Å². The van der Waals surface area contributed by atoms with Crippen molar-refractivity contribution in [3.8, 4) is 0 Å². The molecule has 1 aromatic carbocycles. The minimum atomic E-state index is -1.06. The van der Waals surface area contributed by atoms with Gasteiger partial charge in [-0.25, -0.2) is 0 Å². The predicted molar refractivity (Wildman–Crippen MR) is 88.6 cm³/mol. The van der Waals surface area contributed by atoms with E-state index in [1.807, 2.05) is 23.9 Å². The van der Waals surface area contributed by atoms with Crippen LogP contribution in [0.1, 0.15) is 25.0 Å². The average molecular weight is 359 g/mol. The van der Waals surface area contributed by atoms with Crippen molar-refractivity contribution in [2.45, 2.75) is 25.5 Å². The van der Waals surface area contributed by atoms with E-state index in [2.05, 4.69) is 46.4 Å². The number of carbonyl (C=O) groups is 1. The van der Waals surface area contributed by atoms with Gasteiger partial charge in [-0.05, 0) is 40.7 Å². The lowest BCUT2D eigenvalue weighted by Crippen LogP contribution is -2.33. The molecular formula is C14H19BrN2O2S. The third-order valence-corrected chi connectivity index (χ3v) is 5.03. The Hall–Kier alpha value is -0.720. The van der Waals surface area contributed by atoms with Crippen LogP contribution in [0.2, 0.25) is 0 Å². The summed E-state index contributed by atoms with van der Waals surface area (Å²) in [6.07, 6.45) is 2.09. The summed E-state index contributed by atoms with van der Waals surface area (Å²) in [5, 5.41) is 12.5. The second-order valence-corrected chi connectivity index (χ2v) is 6.68. The molecule has 0 radical (unpaired) electrons. The molecule has 6 heteroatoms. The van der Waals surface area contributed by atoms with E-state index in [1.165, 1.54) is 0 Å². The SMILES string of the molecule is CCC(CSC)N(C)c1cc2c(cc1Br)C(O)C(=O)N2. The number of rotatable bonds is 5. The summed E-state index contributed by atoms with van der Waals surface area (Å²) in [5.74, 6) is 0.689. The van der Waals surface area contributed by atoms with Crippen LogP contribution in [0.3, 0.4) is 0 Å². The number of amides is 1. The van der Waals surface area contributed by atoms with E-state index in [1.54, 1.807) is 0 Å². The molecule has 0 bridgehead atoms. The molecule has 2 atom stereocenters. The Kier molecular flexibility index (Phi) is 4.99. The van der Waals surface area contributed by atoms with E-state index in [0.29, 0.717) is 17.3 Å². The average Bonchev–Trinajstić information content (AvgIpc) is 2.70. The Bertz CT molecular complexity index is 524. The number of carbonyl (C=O) groups excluding carboxylic acids is 1. The Balaban J connectivity index is 2.34. The summed E-state index contributed by atoms with van der Waals surface area (Å²) >= 11 is 5.37. The monoisotopic (exact) mass is 358 g/mol. The summed E-state index contributed by atoms with van der Waals surface area (Å²) in [7, 11) is 2.06. The molecule has 1 aliphatic rings. The second kappa shape index (κ2) is 6.37. The first-order valence-electron chi connectivity index (χ1n) is 6.53. The summed E-state index contributed by atoms with van der Waals surface area (Å²) < 4.78 is 0.897. The first kappa shape index (κ1) is 15.7. The number of aliphatic hydroxyl groups excluding tert-OH is 1. The molecule has 0 aliphatic carbocycles. The molecular weight excluding hydrogens is 340 g/mol. The van der Waals surface area contributed by atoms with Crippen molar-refractivity contribution in [3.05, 3.63) is 22.2 Å². The van der Waals surface area contributed by atoms with Crippen LogP contribution in [0.4, 0.5) is 11.4 Å². The molecule has 110 valence electrons. The fourth-order valence-corrected chi connectivity index (χ4v) is 3.90. The Morgan fingerprint density at radius 3 is 2.85 bits per heavy atom. The summed E-state index contributed by atoms with van der Waals surface area (Å²) in [6.45, 7) is 2.17. The molecule has 2 rings (SSSR count). The van der Waals surface area contributed by atoms with Gasteiger partial charge in [0, 0.05) is 34.6 Å². The van der Waals surface area contributed by atoms with E-state index >= 15 is 0 Å². The Morgan fingerprint density at radius 2 is 2.25 bits per heavy atom. The summed E-state index contributed by atoms with van der Waals surface area (Å²) in [6, 6.07) is 4.19. The molecule has 1 heterocycles. The molecule has 0 spiro atoms. The van der Waals surface area contributed by atoms with Crippen molar-refractivity contribution < 1.29 is 9.90 Å². The maximum absolute atomic E-state index is 11.5. The molecule has 2 unspecified atom stereocenters. The maximum atomic E-state index is 11.5. The van der Waals surface area contributed by atoms with Crippen molar-refractivity contribution >= 4 is 45.0 Å². The van der Waals surface area contributed by atoms with Gasteiger partial charge in [-0.2, -0.15) is 11.8 Å². The highest BCUT2D eigenvalue weighted by Gasteiger charge is 2.30. The first-order valence-corrected chi connectivity index (χ1v) is 8.72. The van der Waals surface area contributed by atoms with Crippen molar-refractivity contribution in [2.24, 2.45) is 0 Å². The third-order valence-electron chi connectivity index (χ3n) is 3.68. The predicted octanol–water partition coefficient (Wildman–Crippen LogP) is 3.01. The highest BCUT2D eigenvalue weighted by Crippen LogP contribution is 2.39. The van der Waals surface area contributed by atoms with Gasteiger partial charge < -0.3 is 15.3 Å². The lowest BCUT2D eigenvalue weighted by molar-refractivity contribution is -0.123. The third kappa shape index (κ3) is 2.82. The minimum Gasteiger partial charge on any atom is -0.378 e. The lowest BCUT2D eigenvalue weighted by Gasteiger charge is -2.30. The van der Waals surface area contributed by atoms with Crippen LogP contribution in [0.5, 0.6) is 0 Å². The number of anilines is 2. The summed E-state index contributed by atoms with van der Waals surface area (Å²) in [5.41, 5.74) is 2.36. The van der Waals surface area contributed by atoms with Crippen molar-refractivity contribution in [1.29, 1.82) is 0 Å². The zero-order valence-corrected chi connectivity index (χ0v) is 14.2. The smallest absolute Gasteiger partial charge is 0.257 e. The maximum Gasteiger partial charge on any atom is 0.257 e. The van der Waals surface area contributed by atoms with Gasteiger partial charge in [0.2, 0.25) is 0 Å². The quantitative estimate of drug-likeness (QED) is 0.849. The van der Waals surface area contributed by atoms with Crippen LogP contribution < -0.4 is 10.2 Å². The van der Waals surface area contributed by atoms with Crippen molar-refractivity contribution in [1.82, 2.24) is 0 Å². The zero-order chi connectivity index (χ0) is 14.9. The molecule has 1 aromatic rings. The largest absolute Gasteiger partial charge is 0.378 e. The number of nitrogens with one attached hydrogen (secondary N) is 1. The van der Waals surface area contributed by atoms with E-state index in [0.717, 1.165) is 22.3 Å². The van der Waals surface area contributed by atoms with Gasteiger partial charge in [0.15, 0.2) is 6.10 Å². The molecule has 0 fully saturated rings. The van der Waals surface area contributed by atoms with Crippen LogP contribution in [-0.2, 0) is 4.79 Å². The second-order valence-electron chi connectivity index (χ2n) is 4.91. The fraction of sp³-hybridized carbons (Fsp3) is 0.500. The number of hydrogen-bond acceptors (Lipinski definition) is 4. The molecule has 4 nitrogen and oxygen atoms in total. The van der Waals surface area contributed by atoms with E-state index < -0.39 is 6.10 Å². The first-order chi connectivity index (χ1) is 9.49. The molecule has 1 aliphatic heterocycles. The van der Waals surface area contributed by atoms with Crippen molar-refractivity contribution in [2.75, 3.05) is 29.3 Å². The van der Waals surface area contributed by atoms with Crippen LogP contribution in [0, 0.1) is 0 Å². The van der Waals surface area contributed by atoms with Gasteiger partial charge in [-0.15, -0.1) is 0 Å². The standard InChI is InChI=1S/C14H19BrN2O2S/c1-4-8(7-20-3)17(2)12-6-11-9(5-10(12)15)13(18)14(19)16-11/h5-6,8,13,18H,4,7H2,1-3H3,(H,16,19). The number of benzene rings is 1. The van der Waals surface area contributed by atoms with E-state index in [4.69, 9.17) is 0 Å². The number of thioether (sulfide) groups is 1. The highest BCUT2D eigenvalue weighted by molar-refractivity contribution is 9.10. The highest BCUT2D eigenvalue weighted by atomic mass is 79.9. The van der Waals surface area contributed by atoms with Gasteiger partial charge in [0.05, 0.1) is 5.69 Å². The van der Waals surface area contributed by atoms with Crippen LogP contribution in [-0.4, -0.2) is 36.1 Å². The topological polar surface area (TPSA) is 52.6 Å². The van der Waals surface area contributed by atoms with E-state index in [9.17, 15) is 9.90 Å². The molecule has 1 amide bonds. The molecule has 0 saturated heterocycles. The fourth-order valence-electron chi connectivity index (χ4n) is 2.42. The van der Waals surface area contributed by atoms with Gasteiger partial charge in [0.1, 0.15) is 0 Å². The molecule has 2 N–H and O–H groups in total. The zero-order valence-electron chi connectivity index (χ0n) is 11.8. The molecule has 20 heavy (non-hydrogen) atoms. The van der Waals surface area contributed by atoms with E-state index in [-0.39, 0.29) is 5.91 Å². The normalized spacial score (nSPS) is 18.6. The summed E-state index contributed by atoms with van der Waals surface area (Å²) in [4.78, 5) is 13.7. The van der Waals surface area contributed by atoms with Gasteiger partial charge >= 0.3 is 0 Å². The van der Waals surface area contributed by atoms with Gasteiger partial charge in [-0.3, -0.25) is 4.79 Å². The minimum absolute atomic E-state index is 0.358. The number of aliphatic hydroxyl groups is 1. The lowest BCUT2D eigenvalue weighted by atomic mass is 10.1. The number of halogens is 1. The van der Waals surface area contributed by atoms with Gasteiger partial charge in [0.25, 0.3) is 5.91 Å². The Labute approximate surface area is 132 Å².